The first-order chi connectivity index (χ1) is 11.5. The summed E-state index contributed by atoms with van der Waals surface area (Å²) in [6.45, 7) is 3.81. The van der Waals surface area contributed by atoms with E-state index in [1.807, 2.05) is 43.6 Å². The van der Waals surface area contributed by atoms with Crippen LogP contribution in [-0.4, -0.2) is 11.1 Å². The number of benzene rings is 2. The first-order valence-corrected chi connectivity index (χ1v) is 8.56. The maximum atomic E-state index is 11.6. The zero-order valence-corrected chi connectivity index (χ0v) is 14.2. The van der Waals surface area contributed by atoms with E-state index in [9.17, 15) is 4.79 Å². The Morgan fingerprint density at radius 3 is 2.67 bits per heavy atom. The highest BCUT2D eigenvalue weighted by atomic mass is 32.1. The lowest BCUT2D eigenvalue weighted by Gasteiger charge is -2.32. The molecule has 2 heterocycles. The highest BCUT2D eigenvalue weighted by molar-refractivity contribution is 7.13. The average Bonchev–Trinajstić information content (AvgIpc) is 3.08. The molecule has 0 saturated heterocycles. The number of rotatable bonds is 2. The van der Waals surface area contributed by atoms with Crippen LogP contribution in [0.5, 0.6) is 0 Å². The molecule has 1 aliphatic heterocycles. The van der Waals surface area contributed by atoms with E-state index in [0.717, 1.165) is 32.9 Å². The van der Waals surface area contributed by atoms with Crippen molar-refractivity contribution in [3.05, 3.63) is 59.6 Å². The van der Waals surface area contributed by atoms with Gasteiger partial charge in [-0.05, 0) is 43.2 Å². The lowest BCUT2D eigenvalue weighted by Crippen LogP contribution is -2.34. The number of ether oxygens (including phenoxy) is 1. The molecule has 0 fully saturated rings. The van der Waals surface area contributed by atoms with Gasteiger partial charge in [0.05, 0.1) is 5.69 Å². The SMILES string of the molecule is CC1(C)OC(=O)Nc2ccc(-c3cccc(-c4nccs4)c3)cc21. The van der Waals surface area contributed by atoms with Gasteiger partial charge >= 0.3 is 6.09 Å². The second kappa shape index (κ2) is 5.46. The van der Waals surface area contributed by atoms with Crippen molar-refractivity contribution < 1.29 is 9.53 Å². The third-order valence-electron chi connectivity index (χ3n) is 4.13. The van der Waals surface area contributed by atoms with Gasteiger partial charge in [0.15, 0.2) is 0 Å². The maximum absolute atomic E-state index is 11.6. The van der Waals surface area contributed by atoms with Gasteiger partial charge in [0.25, 0.3) is 0 Å². The van der Waals surface area contributed by atoms with E-state index in [0.29, 0.717) is 0 Å². The zero-order valence-electron chi connectivity index (χ0n) is 13.4. The number of hydrogen-bond acceptors (Lipinski definition) is 4. The number of aromatic nitrogens is 1. The monoisotopic (exact) mass is 336 g/mol. The lowest BCUT2D eigenvalue weighted by atomic mass is 9.91. The van der Waals surface area contributed by atoms with E-state index in [2.05, 4.69) is 34.6 Å². The van der Waals surface area contributed by atoms with Gasteiger partial charge in [0.1, 0.15) is 10.6 Å². The van der Waals surface area contributed by atoms with Crippen LogP contribution in [0, 0.1) is 0 Å². The van der Waals surface area contributed by atoms with Crippen molar-refractivity contribution in [2.45, 2.75) is 19.4 Å². The number of thiazole rings is 1. The molecule has 1 aromatic heterocycles. The maximum Gasteiger partial charge on any atom is 0.412 e. The van der Waals surface area contributed by atoms with Crippen LogP contribution >= 0.6 is 11.3 Å². The van der Waals surface area contributed by atoms with Crippen LogP contribution in [0.15, 0.2) is 54.0 Å². The number of anilines is 1. The lowest BCUT2D eigenvalue weighted by molar-refractivity contribution is 0.0421. The molecule has 2 aromatic carbocycles. The van der Waals surface area contributed by atoms with Gasteiger partial charge in [-0.15, -0.1) is 11.3 Å². The molecule has 0 saturated carbocycles. The summed E-state index contributed by atoms with van der Waals surface area (Å²) < 4.78 is 5.42. The van der Waals surface area contributed by atoms with Gasteiger partial charge in [-0.25, -0.2) is 9.78 Å². The van der Waals surface area contributed by atoms with Crippen LogP contribution in [0.3, 0.4) is 0 Å². The molecular formula is C19H16N2O2S. The largest absolute Gasteiger partial charge is 0.438 e. The Kier molecular flexibility index (Phi) is 3.39. The molecule has 0 aliphatic carbocycles. The van der Waals surface area contributed by atoms with Crippen molar-refractivity contribution >= 4 is 23.1 Å². The van der Waals surface area contributed by atoms with Crippen molar-refractivity contribution in [1.82, 2.24) is 4.98 Å². The molecule has 0 spiro atoms. The van der Waals surface area contributed by atoms with Crippen LogP contribution in [0.2, 0.25) is 0 Å². The summed E-state index contributed by atoms with van der Waals surface area (Å²) >= 11 is 1.62. The van der Waals surface area contributed by atoms with E-state index in [4.69, 9.17) is 4.74 Å². The van der Waals surface area contributed by atoms with E-state index in [1.165, 1.54) is 0 Å². The minimum absolute atomic E-state index is 0.411. The van der Waals surface area contributed by atoms with E-state index in [-0.39, 0.29) is 0 Å². The quantitative estimate of drug-likeness (QED) is 0.693. The predicted octanol–water partition coefficient (Wildman–Crippen LogP) is 5.27. The summed E-state index contributed by atoms with van der Waals surface area (Å²) in [5, 5.41) is 5.74. The Hall–Kier alpha value is -2.66. The Morgan fingerprint density at radius 1 is 1.08 bits per heavy atom. The first kappa shape index (κ1) is 14.9. The fraction of sp³-hybridized carbons (Fsp3) is 0.158. The second-order valence-electron chi connectivity index (χ2n) is 6.20. The zero-order chi connectivity index (χ0) is 16.7. The number of fused-ring (bicyclic) bond motifs is 1. The molecule has 1 aliphatic rings. The van der Waals surface area contributed by atoms with Crippen molar-refractivity contribution in [2.75, 3.05) is 5.32 Å². The van der Waals surface area contributed by atoms with Crippen LogP contribution in [0.1, 0.15) is 19.4 Å². The molecule has 0 unspecified atom stereocenters. The van der Waals surface area contributed by atoms with Crippen LogP contribution in [0.25, 0.3) is 21.7 Å². The molecule has 4 rings (SSSR count). The van der Waals surface area contributed by atoms with Crippen molar-refractivity contribution in [1.29, 1.82) is 0 Å². The summed E-state index contributed by atoms with van der Waals surface area (Å²) in [6.07, 6.45) is 1.40. The molecule has 4 nitrogen and oxygen atoms in total. The fourth-order valence-corrected chi connectivity index (χ4v) is 3.59. The minimum atomic E-state index is -0.652. The van der Waals surface area contributed by atoms with Gasteiger partial charge in [0, 0.05) is 22.7 Å². The average molecular weight is 336 g/mol. The number of carbonyl (C=O) groups is 1. The van der Waals surface area contributed by atoms with Gasteiger partial charge < -0.3 is 4.74 Å². The smallest absolute Gasteiger partial charge is 0.412 e. The van der Waals surface area contributed by atoms with E-state index < -0.39 is 11.7 Å². The molecule has 3 aromatic rings. The van der Waals surface area contributed by atoms with Crippen molar-refractivity contribution in [3.63, 3.8) is 0 Å². The summed E-state index contributed by atoms with van der Waals surface area (Å²) in [7, 11) is 0. The van der Waals surface area contributed by atoms with Gasteiger partial charge in [-0.1, -0.05) is 24.3 Å². The summed E-state index contributed by atoms with van der Waals surface area (Å²) in [6, 6.07) is 14.3. The molecule has 0 bridgehead atoms. The van der Waals surface area contributed by atoms with Crippen LogP contribution < -0.4 is 5.32 Å². The highest BCUT2D eigenvalue weighted by Gasteiger charge is 2.33. The van der Waals surface area contributed by atoms with Crippen LogP contribution in [-0.2, 0) is 10.3 Å². The highest BCUT2D eigenvalue weighted by Crippen LogP contribution is 2.38. The second-order valence-corrected chi connectivity index (χ2v) is 7.10. The third-order valence-corrected chi connectivity index (χ3v) is 4.95. The number of cyclic esters (lactones) is 1. The summed E-state index contributed by atoms with van der Waals surface area (Å²) in [5.74, 6) is 0. The Labute approximate surface area is 144 Å². The molecular weight excluding hydrogens is 320 g/mol. The minimum Gasteiger partial charge on any atom is -0.438 e. The molecule has 120 valence electrons. The Balaban J connectivity index is 1.79. The summed E-state index contributed by atoms with van der Waals surface area (Å²) in [5.41, 5.74) is 4.41. The van der Waals surface area contributed by atoms with E-state index in [1.54, 1.807) is 11.3 Å². The predicted molar refractivity (Wildman–Crippen MR) is 96.1 cm³/mol. The molecule has 1 amide bonds. The summed E-state index contributed by atoms with van der Waals surface area (Å²) in [4.78, 5) is 16.0. The van der Waals surface area contributed by atoms with Gasteiger partial charge in [0.2, 0.25) is 0 Å². The number of nitrogens with one attached hydrogen (secondary N) is 1. The molecule has 0 radical (unpaired) electrons. The van der Waals surface area contributed by atoms with Gasteiger partial charge in [-0.2, -0.15) is 0 Å². The molecule has 1 N–H and O–H groups in total. The van der Waals surface area contributed by atoms with Crippen molar-refractivity contribution in [3.8, 4) is 21.7 Å². The molecule has 5 heteroatoms. The number of amides is 1. The van der Waals surface area contributed by atoms with Crippen LogP contribution in [0.4, 0.5) is 10.5 Å². The third kappa shape index (κ3) is 2.57. The van der Waals surface area contributed by atoms with Gasteiger partial charge in [-0.3, -0.25) is 5.32 Å². The number of hydrogen-bond donors (Lipinski definition) is 1. The Morgan fingerprint density at radius 2 is 1.88 bits per heavy atom. The fourth-order valence-electron chi connectivity index (χ4n) is 2.95. The topological polar surface area (TPSA) is 51.2 Å². The van der Waals surface area contributed by atoms with E-state index >= 15 is 0 Å². The Bertz CT molecular complexity index is 917. The standard InChI is InChI=1S/C19H16N2O2S/c1-19(2)15-11-13(6-7-16(15)21-18(22)23-19)12-4-3-5-14(10-12)17-20-8-9-24-17/h3-11H,1-2H3,(H,21,22). The molecule has 0 atom stereocenters. The number of carbonyl (C=O) groups excluding carboxylic acids is 1. The molecule has 24 heavy (non-hydrogen) atoms. The normalized spacial score (nSPS) is 15.3. The number of nitrogens with zero attached hydrogens (tertiary/aromatic N) is 1. The van der Waals surface area contributed by atoms with Crippen molar-refractivity contribution in [2.24, 2.45) is 0 Å². The first-order valence-electron chi connectivity index (χ1n) is 7.68.